The Labute approximate surface area is 143 Å². The fourth-order valence-corrected chi connectivity index (χ4v) is 2.55. The van der Waals surface area contributed by atoms with E-state index >= 15 is 0 Å². The van der Waals surface area contributed by atoms with Crippen molar-refractivity contribution in [3.05, 3.63) is 28.8 Å². The van der Waals surface area contributed by atoms with E-state index in [1.165, 1.54) is 24.8 Å². The lowest BCUT2D eigenvalue weighted by Gasteiger charge is -2.27. The van der Waals surface area contributed by atoms with Crippen LogP contribution in [0.4, 0.5) is 0 Å². The largest absolute Gasteiger partial charge is 0.507 e. The van der Waals surface area contributed by atoms with E-state index < -0.39 is 0 Å². The van der Waals surface area contributed by atoms with E-state index in [1.54, 1.807) is 0 Å². The van der Waals surface area contributed by atoms with E-state index in [2.05, 4.69) is 65.6 Å². The third-order valence-electron chi connectivity index (χ3n) is 4.18. The number of aromatic hydroxyl groups is 1. The van der Waals surface area contributed by atoms with Crippen molar-refractivity contribution in [2.45, 2.75) is 85.0 Å². The van der Waals surface area contributed by atoms with Gasteiger partial charge in [0.25, 0.3) is 0 Å². The highest BCUT2D eigenvalue weighted by molar-refractivity contribution is 5.85. The predicted molar refractivity (Wildman–Crippen MR) is 102 cm³/mol. The van der Waals surface area contributed by atoms with Crippen molar-refractivity contribution in [2.24, 2.45) is 4.99 Å². The fourth-order valence-electron chi connectivity index (χ4n) is 2.55. The molecule has 0 unspecified atom stereocenters. The molecule has 0 aliphatic rings. The molecule has 1 rings (SSSR count). The third-order valence-corrected chi connectivity index (χ3v) is 4.18. The summed E-state index contributed by atoms with van der Waals surface area (Å²) in [5, 5.41) is 10.7. The van der Waals surface area contributed by atoms with Crippen LogP contribution in [-0.4, -0.2) is 17.9 Å². The molecule has 1 aromatic carbocycles. The first kappa shape index (κ1) is 19.7. The van der Waals surface area contributed by atoms with Crippen LogP contribution in [0.2, 0.25) is 0 Å². The Bertz CT molecular complexity index is 530. The zero-order valence-corrected chi connectivity index (χ0v) is 16.2. The average molecular weight is 318 g/mol. The molecule has 1 N–H and O–H groups in total. The highest BCUT2D eigenvalue weighted by atomic mass is 16.3. The predicted octanol–water partition coefficient (Wildman–Crippen LogP) is 5.99. The van der Waals surface area contributed by atoms with Crippen LogP contribution in [0.1, 0.15) is 90.8 Å². The molecule has 0 spiro atoms. The summed E-state index contributed by atoms with van der Waals surface area (Å²) in [6, 6.07) is 4.23. The van der Waals surface area contributed by atoms with E-state index in [0.717, 1.165) is 24.1 Å². The van der Waals surface area contributed by atoms with Crippen molar-refractivity contribution in [1.82, 2.24) is 0 Å². The van der Waals surface area contributed by atoms with E-state index in [9.17, 15) is 5.11 Å². The normalized spacial score (nSPS) is 13.0. The lowest BCUT2D eigenvalue weighted by Crippen LogP contribution is -2.17. The highest BCUT2D eigenvalue weighted by Crippen LogP contribution is 2.37. The molecular weight excluding hydrogens is 282 g/mol. The molecule has 0 saturated heterocycles. The van der Waals surface area contributed by atoms with E-state index in [0.29, 0.717) is 5.75 Å². The van der Waals surface area contributed by atoms with Crippen molar-refractivity contribution in [1.29, 1.82) is 0 Å². The van der Waals surface area contributed by atoms with Gasteiger partial charge in [-0.1, -0.05) is 73.8 Å². The smallest absolute Gasteiger partial charge is 0.128 e. The van der Waals surface area contributed by atoms with Gasteiger partial charge in [0.15, 0.2) is 0 Å². The highest BCUT2D eigenvalue weighted by Gasteiger charge is 2.24. The Hall–Kier alpha value is -1.31. The second-order valence-electron chi connectivity index (χ2n) is 8.56. The van der Waals surface area contributed by atoms with E-state index in [1.807, 2.05) is 6.21 Å². The minimum Gasteiger partial charge on any atom is -0.507 e. The summed E-state index contributed by atoms with van der Waals surface area (Å²) in [5.41, 5.74) is 3.05. The van der Waals surface area contributed by atoms with Crippen LogP contribution >= 0.6 is 0 Å². The van der Waals surface area contributed by atoms with Crippen molar-refractivity contribution in [3.63, 3.8) is 0 Å². The SMILES string of the molecule is CCCCCC/N=C/c1cc(C(C)(C)C)cc(C(C)(C)C)c1O. The van der Waals surface area contributed by atoms with Gasteiger partial charge in [0.1, 0.15) is 5.75 Å². The molecule has 0 fully saturated rings. The van der Waals surface area contributed by atoms with Crippen molar-refractivity contribution >= 4 is 6.21 Å². The second kappa shape index (κ2) is 7.99. The molecule has 2 heteroatoms. The minimum absolute atomic E-state index is 0.0530. The molecule has 130 valence electrons. The summed E-state index contributed by atoms with van der Waals surface area (Å²) in [7, 11) is 0. The van der Waals surface area contributed by atoms with Gasteiger partial charge in [-0.15, -0.1) is 0 Å². The summed E-state index contributed by atoms with van der Waals surface area (Å²) in [6.07, 6.45) is 6.72. The minimum atomic E-state index is -0.0882. The van der Waals surface area contributed by atoms with Crippen LogP contribution in [0.3, 0.4) is 0 Å². The second-order valence-corrected chi connectivity index (χ2v) is 8.56. The number of aliphatic imine (C=N–C) groups is 1. The zero-order valence-electron chi connectivity index (χ0n) is 16.2. The molecule has 0 saturated carbocycles. The topological polar surface area (TPSA) is 32.6 Å². The van der Waals surface area contributed by atoms with Gasteiger partial charge in [-0.3, -0.25) is 4.99 Å². The van der Waals surface area contributed by atoms with Gasteiger partial charge in [-0.25, -0.2) is 0 Å². The van der Waals surface area contributed by atoms with E-state index in [-0.39, 0.29) is 10.8 Å². The van der Waals surface area contributed by atoms with Crippen molar-refractivity contribution in [2.75, 3.05) is 6.54 Å². The first-order valence-corrected chi connectivity index (χ1v) is 8.95. The summed E-state index contributed by atoms with van der Waals surface area (Å²) < 4.78 is 0. The van der Waals surface area contributed by atoms with Gasteiger partial charge in [-0.2, -0.15) is 0 Å². The number of rotatable bonds is 6. The molecule has 23 heavy (non-hydrogen) atoms. The maximum absolute atomic E-state index is 10.7. The molecule has 2 nitrogen and oxygen atoms in total. The zero-order chi connectivity index (χ0) is 17.7. The summed E-state index contributed by atoms with van der Waals surface area (Å²) in [4.78, 5) is 4.54. The molecule has 0 atom stereocenters. The van der Waals surface area contributed by atoms with Gasteiger partial charge in [0, 0.05) is 23.9 Å². The Balaban J connectivity index is 3.08. The van der Waals surface area contributed by atoms with Gasteiger partial charge < -0.3 is 5.11 Å². The van der Waals surface area contributed by atoms with Crippen LogP contribution in [0.25, 0.3) is 0 Å². The Kier molecular flexibility index (Phi) is 6.85. The number of phenols is 1. The van der Waals surface area contributed by atoms with Crippen LogP contribution in [0.5, 0.6) is 5.75 Å². The van der Waals surface area contributed by atoms with Gasteiger partial charge in [0.05, 0.1) is 0 Å². The Morgan fingerprint density at radius 2 is 1.61 bits per heavy atom. The molecule has 0 heterocycles. The van der Waals surface area contributed by atoms with Crippen LogP contribution in [0, 0.1) is 0 Å². The quantitative estimate of drug-likeness (QED) is 0.507. The van der Waals surface area contributed by atoms with Crippen LogP contribution < -0.4 is 0 Å². The summed E-state index contributed by atoms with van der Waals surface area (Å²) in [5.74, 6) is 0.378. The molecule has 0 bridgehead atoms. The Morgan fingerprint density at radius 1 is 0.957 bits per heavy atom. The monoisotopic (exact) mass is 317 g/mol. The third kappa shape index (κ3) is 6.01. The summed E-state index contributed by atoms with van der Waals surface area (Å²) >= 11 is 0. The number of hydrogen-bond donors (Lipinski definition) is 1. The average Bonchev–Trinajstić information content (AvgIpc) is 2.41. The molecule has 0 amide bonds. The number of phenolic OH excluding ortho intramolecular Hbond substituents is 1. The lowest BCUT2D eigenvalue weighted by molar-refractivity contribution is 0.444. The molecular formula is C21H35NO. The number of hydrogen-bond acceptors (Lipinski definition) is 2. The van der Waals surface area contributed by atoms with Crippen LogP contribution in [-0.2, 0) is 10.8 Å². The maximum atomic E-state index is 10.7. The maximum Gasteiger partial charge on any atom is 0.128 e. The molecule has 0 aliphatic carbocycles. The standard InChI is InChI=1S/C21H35NO/c1-8-9-10-11-12-22-15-16-13-17(20(2,3)4)14-18(19(16)23)21(5,6)7/h13-15,23H,8-12H2,1-7H3/b22-15+. The summed E-state index contributed by atoms with van der Waals surface area (Å²) in [6.45, 7) is 16.1. The number of nitrogens with zero attached hydrogens (tertiary/aromatic N) is 1. The van der Waals surface area contributed by atoms with Gasteiger partial charge >= 0.3 is 0 Å². The Morgan fingerprint density at radius 3 is 2.13 bits per heavy atom. The first-order valence-electron chi connectivity index (χ1n) is 8.95. The molecule has 1 aromatic rings. The first-order chi connectivity index (χ1) is 10.6. The van der Waals surface area contributed by atoms with Crippen molar-refractivity contribution < 1.29 is 5.11 Å². The molecule has 0 aliphatic heterocycles. The van der Waals surface area contributed by atoms with Gasteiger partial charge in [0.2, 0.25) is 0 Å². The van der Waals surface area contributed by atoms with Crippen LogP contribution in [0.15, 0.2) is 17.1 Å². The van der Waals surface area contributed by atoms with Crippen molar-refractivity contribution in [3.8, 4) is 5.75 Å². The lowest BCUT2D eigenvalue weighted by atomic mass is 9.79. The molecule has 0 radical (unpaired) electrons. The molecule has 0 aromatic heterocycles. The number of benzene rings is 1. The van der Waals surface area contributed by atoms with E-state index in [4.69, 9.17) is 0 Å². The number of unbranched alkanes of at least 4 members (excludes halogenated alkanes) is 3. The fraction of sp³-hybridized carbons (Fsp3) is 0.667. The van der Waals surface area contributed by atoms with Gasteiger partial charge in [-0.05, 0) is 28.9 Å².